The van der Waals surface area contributed by atoms with Gasteiger partial charge in [0.05, 0.1) is 16.5 Å². The molecule has 0 saturated carbocycles. The van der Waals surface area contributed by atoms with Crippen LogP contribution in [0.4, 0.5) is 0 Å². The Kier molecular flexibility index (Phi) is 5.01. The minimum absolute atomic E-state index is 0.145. The maximum Gasteiger partial charge on any atom is 0.277 e. The number of rotatable bonds is 4. The molecule has 2 aromatic rings. The van der Waals surface area contributed by atoms with Gasteiger partial charge in [0.2, 0.25) is 5.91 Å². The zero-order chi connectivity index (χ0) is 16.4. The van der Waals surface area contributed by atoms with E-state index in [-0.39, 0.29) is 5.91 Å². The van der Waals surface area contributed by atoms with Gasteiger partial charge in [0.1, 0.15) is 4.88 Å². The molecular weight excluding hydrogens is 332 g/mol. The van der Waals surface area contributed by atoms with Gasteiger partial charge < -0.3 is 9.32 Å². The van der Waals surface area contributed by atoms with Crippen LogP contribution in [-0.2, 0) is 4.79 Å². The highest BCUT2D eigenvalue weighted by Gasteiger charge is 2.24. The molecule has 1 fully saturated rings. The lowest BCUT2D eigenvalue weighted by molar-refractivity contribution is -0.131. The van der Waals surface area contributed by atoms with E-state index in [0.29, 0.717) is 22.9 Å². The summed E-state index contributed by atoms with van der Waals surface area (Å²) in [7, 11) is 0. The number of aromatic nitrogens is 3. The third kappa shape index (κ3) is 3.74. The van der Waals surface area contributed by atoms with E-state index in [9.17, 15) is 4.79 Å². The average Bonchev–Trinajstić information content (AvgIpc) is 3.11. The van der Waals surface area contributed by atoms with Gasteiger partial charge in [-0.1, -0.05) is 11.8 Å². The van der Waals surface area contributed by atoms with Crippen LogP contribution in [0.5, 0.6) is 0 Å². The normalized spacial score (nSPS) is 18.4. The second-order valence-corrected chi connectivity index (χ2v) is 7.87. The van der Waals surface area contributed by atoms with Crippen LogP contribution < -0.4 is 0 Å². The summed E-state index contributed by atoms with van der Waals surface area (Å²) in [5, 5.41) is 9.51. The molecule has 0 aliphatic carbocycles. The van der Waals surface area contributed by atoms with E-state index in [1.807, 2.05) is 18.7 Å². The molecule has 0 bridgehead atoms. The van der Waals surface area contributed by atoms with Crippen molar-refractivity contribution in [2.75, 3.05) is 12.3 Å². The monoisotopic (exact) mass is 352 g/mol. The fraction of sp³-hybridized carbons (Fsp3) is 0.600. The lowest BCUT2D eigenvalue weighted by atomic mass is 10.0. The van der Waals surface area contributed by atoms with Gasteiger partial charge in [0.15, 0.2) is 0 Å². The highest BCUT2D eigenvalue weighted by Crippen LogP contribution is 2.30. The number of amides is 1. The number of nitrogens with zero attached hydrogens (tertiary/aromatic N) is 4. The van der Waals surface area contributed by atoms with Gasteiger partial charge in [-0.25, -0.2) is 4.98 Å². The minimum Gasteiger partial charge on any atom is -0.410 e. The molecule has 23 heavy (non-hydrogen) atoms. The predicted molar refractivity (Wildman–Crippen MR) is 90.6 cm³/mol. The van der Waals surface area contributed by atoms with Gasteiger partial charge in [0.25, 0.3) is 11.1 Å². The molecule has 0 radical (unpaired) electrons. The van der Waals surface area contributed by atoms with Crippen LogP contribution in [0, 0.1) is 13.8 Å². The first-order chi connectivity index (χ1) is 11.0. The molecule has 0 aromatic carbocycles. The van der Waals surface area contributed by atoms with Crippen molar-refractivity contribution in [3.63, 3.8) is 0 Å². The molecule has 2 aromatic heterocycles. The molecule has 6 nitrogen and oxygen atoms in total. The van der Waals surface area contributed by atoms with Gasteiger partial charge in [-0.3, -0.25) is 4.79 Å². The summed E-state index contributed by atoms with van der Waals surface area (Å²) in [6, 6.07) is 0.331. The Morgan fingerprint density at radius 1 is 1.39 bits per heavy atom. The van der Waals surface area contributed by atoms with Crippen LogP contribution >= 0.6 is 23.1 Å². The molecule has 1 amide bonds. The summed E-state index contributed by atoms with van der Waals surface area (Å²) in [5.74, 6) is 0.966. The largest absolute Gasteiger partial charge is 0.410 e. The Bertz CT molecular complexity index is 697. The predicted octanol–water partition coefficient (Wildman–Crippen LogP) is 3.30. The summed E-state index contributed by atoms with van der Waals surface area (Å²) in [4.78, 5) is 19.6. The zero-order valence-electron chi connectivity index (χ0n) is 13.5. The first kappa shape index (κ1) is 16.4. The SMILES string of the molecule is Cc1nc(C)c(-c2nnc(SCC(=O)N3CCCCC3C)o2)s1. The van der Waals surface area contributed by atoms with Crippen molar-refractivity contribution in [2.45, 2.75) is 51.3 Å². The molecule has 1 unspecified atom stereocenters. The summed E-state index contributed by atoms with van der Waals surface area (Å²) >= 11 is 2.84. The van der Waals surface area contributed by atoms with Crippen LogP contribution in [0.1, 0.15) is 36.9 Å². The maximum absolute atomic E-state index is 12.3. The van der Waals surface area contributed by atoms with Crippen molar-refractivity contribution in [1.82, 2.24) is 20.1 Å². The molecule has 1 atom stereocenters. The summed E-state index contributed by atoms with van der Waals surface area (Å²) in [5.41, 5.74) is 0.894. The van der Waals surface area contributed by atoms with E-state index in [2.05, 4.69) is 22.1 Å². The first-order valence-corrected chi connectivity index (χ1v) is 9.55. The van der Waals surface area contributed by atoms with Crippen LogP contribution in [0.15, 0.2) is 9.64 Å². The highest BCUT2D eigenvalue weighted by molar-refractivity contribution is 7.99. The molecule has 8 heteroatoms. The van der Waals surface area contributed by atoms with Gasteiger partial charge >= 0.3 is 0 Å². The van der Waals surface area contributed by atoms with E-state index in [1.54, 1.807) is 0 Å². The first-order valence-electron chi connectivity index (χ1n) is 7.75. The van der Waals surface area contributed by atoms with Gasteiger partial charge in [-0.2, -0.15) is 0 Å². The number of hydrogen-bond donors (Lipinski definition) is 0. The van der Waals surface area contributed by atoms with Crippen LogP contribution in [0.3, 0.4) is 0 Å². The number of carbonyl (C=O) groups excluding carboxylic acids is 1. The van der Waals surface area contributed by atoms with E-state index >= 15 is 0 Å². The van der Waals surface area contributed by atoms with Crippen LogP contribution in [0.25, 0.3) is 10.8 Å². The van der Waals surface area contributed by atoms with Crippen molar-refractivity contribution in [1.29, 1.82) is 0 Å². The fourth-order valence-corrected chi connectivity index (χ4v) is 4.25. The lowest BCUT2D eigenvalue weighted by Crippen LogP contribution is -2.42. The Morgan fingerprint density at radius 2 is 2.22 bits per heavy atom. The standard InChI is InChI=1S/C15H20N4O2S2/c1-9-6-4-5-7-19(9)12(20)8-22-15-18-17-14(21-15)13-10(2)16-11(3)23-13/h9H,4-8H2,1-3H3. The molecule has 1 saturated heterocycles. The number of thioether (sulfide) groups is 1. The fourth-order valence-electron chi connectivity index (χ4n) is 2.76. The molecule has 3 heterocycles. The van der Waals surface area contributed by atoms with Crippen molar-refractivity contribution >= 4 is 29.0 Å². The minimum atomic E-state index is 0.145. The van der Waals surface area contributed by atoms with E-state index in [0.717, 1.165) is 35.0 Å². The quantitative estimate of drug-likeness (QED) is 0.786. The number of hydrogen-bond acceptors (Lipinski definition) is 7. The van der Waals surface area contributed by atoms with Crippen molar-refractivity contribution in [2.24, 2.45) is 0 Å². The van der Waals surface area contributed by atoms with E-state index < -0.39 is 0 Å². The maximum atomic E-state index is 12.3. The number of thiazole rings is 1. The number of likely N-dealkylation sites (tertiary alicyclic amines) is 1. The van der Waals surface area contributed by atoms with Crippen molar-refractivity contribution in [3.05, 3.63) is 10.7 Å². The van der Waals surface area contributed by atoms with Crippen LogP contribution in [0.2, 0.25) is 0 Å². The molecular formula is C15H20N4O2S2. The average molecular weight is 352 g/mol. The lowest BCUT2D eigenvalue weighted by Gasteiger charge is -2.33. The summed E-state index contributed by atoms with van der Waals surface area (Å²) in [6.07, 6.45) is 3.39. The van der Waals surface area contributed by atoms with Gasteiger partial charge in [-0.05, 0) is 40.0 Å². The van der Waals surface area contributed by atoms with Crippen molar-refractivity contribution in [3.8, 4) is 10.8 Å². The number of aryl methyl sites for hydroxylation is 2. The Hall–Kier alpha value is -1.41. The molecule has 3 rings (SSSR count). The van der Waals surface area contributed by atoms with Gasteiger partial charge in [-0.15, -0.1) is 21.5 Å². The Morgan fingerprint density at radius 3 is 2.91 bits per heavy atom. The number of piperidine rings is 1. The second kappa shape index (κ2) is 7.00. The second-order valence-electron chi connectivity index (χ2n) is 5.74. The van der Waals surface area contributed by atoms with Crippen LogP contribution in [-0.4, -0.2) is 44.3 Å². The molecule has 1 aliphatic rings. The highest BCUT2D eigenvalue weighted by atomic mass is 32.2. The van der Waals surface area contributed by atoms with E-state index in [1.165, 1.54) is 29.5 Å². The molecule has 1 aliphatic heterocycles. The Balaban J connectivity index is 1.61. The smallest absolute Gasteiger partial charge is 0.277 e. The third-order valence-electron chi connectivity index (χ3n) is 3.95. The zero-order valence-corrected chi connectivity index (χ0v) is 15.2. The number of carbonyl (C=O) groups is 1. The molecule has 0 spiro atoms. The van der Waals surface area contributed by atoms with E-state index in [4.69, 9.17) is 4.42 Å². The molecule has 124 valence electrons. The third-order valence-corrected chi connectivity index (χ3v) is 5.81. The van der Waals surface area contributed by atoms with Crippen molar-refractivity contribution < 1.29 is 9.21 Å². The van der Waals surface area contributed by atoms with Gasteiger partial charge in [0, 0.05) is 12.6 Å². The molecule has 0 N–H and O–H groups in total. The Labute approximate surface area is 143 Å². The summed E-state index contributed by atoms with van der Waals surface area (Å²) < 4.78 is 5.67. The topological polar surface area (TPSA) is 72.1 Å². The summed E-state index contributed by atoms with van der Waals surface area (Å²) in [6.45, 7) is 6.85.